The normalized spacial score (nSPS) is 14.6. The van der Waals surface area contributed by atoms with Crippen LogP contribution < -0.4 is 20.1 Å². The van der Waals surface area contributed by atoms with Gasteiger partial charge in [0.25, 0.3) is 0 Å². The Balaban J connectivity index is 0.797. The van der Waals surface area contributed by atoms with Gasteiger partial charge in [-0.25, -0.2) is 0 Å². The minimum Gasteiger partial charge on any atom is -0.494 e. The van der Waals surface area contributed by atoms with Crippen molar-refractivity contribution in [3.8, 4) is 45.9 Å². The van der Waals surface area contributed by atoms with Crippen LogP contribution in [0.3, 0.4) is 0 Å². The maximum Gasteiger partial charge on any atom is 0.220 e. The average Bonchev–Trinajstić information content (AvgIpc) is 3.31. The first-order valence-corrected chi connectivity index (χ1v) is 23.6. The predicted molar refractivity (Wildman–Crippen MR) is 250 cm³/mol. The third kappa shape index (κ3) is 17.8. The molecule has 5 rings (SSSR count). The van der Waals surface area contributed by atoms with E-state index in [0.717, 1.165) is 137 Å². The molecule has 1 saturated carbocycles. The van der Waals surface area contributed by atoms with Crippen molar-refractivity contribution in [3.05, 3.63) is 108 Å². The molecule has 0 bridgehead atoms. The van der Waals surface area contributed by atoms with Crippen molar-refractivity contribution in [1.29, 1.82) is 10.5 Å². The minimum absolute atomic E-state index is 0.0449. The third-order valence-corrected chi connectivity index (χ3v) is 12.0. The minimum atomic E-state index is 0.0449. The lowest BCUT2D eigenvalue weighted by Crippen LogP contribution is -2.53. The summed E-state index contributed by atoms with van der Waals surface area (Å²) in [5.41, 5.74) is 5.73. The molecular weight excluding hydrogens is 769 g/mol. The van der Waals surface area contributed by atoms with Gasteiger partial charge in [0.05, 0.1) is 36.5 Å². The van der Waals surface area contributed by atoms with Crippen molar-refractivity contribution in [3.63, 3.8) is 0 Å². The number of hydrogen-bond donors (Lipinski definition) is 2. The zero-order valence-electron chi connectivity index (χ0n) is 36.9. The molecule has 1 fully saturated rings. The number of nitrogens with one attached hydrogen (secondary N) is 2. The summed E-state index contributed by atoms with van der Waals surface area (Å²) in [7, 11) is 0. The first-order chi connectivity index (χ1) is 30.5. The Kier molecular flexibility index (Phi) is 21.5. The maximum absolute atomic E-state index is 12.8. The van der Waals surface area contributed by atoms with E-state index in [1.165, 1.54) is 38.5 Å². The molecule has 4 aromatic rings. The van der Waals surface area contributed by atoms with Gasteiger partial charge in [-0.3, -0.25) is 9.59 Å². The van der Waals surface area contributed by atoms with E-state index in [9.17, 15) is 9.59 Å². The van der Waals surface area contributed by atoms with Crippen LogP contribution in [0.4, 0.5) is 0 Å². The highest BCUT2D eigenvalue weighted by molar-refractivity contribution is 5.78. The smallest absolute Gasteiger partial charge is 0.220 e. The fourth-order valence-electron chi connectivity index (χ4n) is 8.27. The summed E-state index contributed by atoms with van der Waals surface area (Å²) in [6, 6.07) is 35.9. The molecule has 1 aliphatic carbocycles. The highest BCUT2D eigenvalue weighted by atomic mass is 16.5. The van der Waals surface area contributed by atoms with E-state index in [1.807, 2.05) is 72.8 Å². The number of nitriles is 2. The molecular formula is C54H68N4O4. The van der Waals surface area contributed by atoms with Gasteiger partial charge in [-0.05, 0) is 109 Å². The lowest BCUT2D eigenvalue weighted by Gasteiger charge is -2.33. The van der Waals surface area contributed by atoms with Gasteiger partial charge in [0.2, 0.25) is 11.8 Å². The molecule has 2 atom stereocenters. The number of rotatable bonds is 28. The maximum atomic E-state index is 12.8. The van der Waals surface area contributed by atoms with Crippen LogP contribution in [0.15, 0.2) is 97.1 Å². The van der Waals surface area contributed by atoms with Crippen molar-refractivity contribution < 1.29 is 19.1 Å². The SMILES string of the molecule is N#Cc1ccc(-c2ccc(OCCCCCCCCCCC(=O)N[C@H]3CCCC[C@@H]3NC(=O)CCCCCCCCCCOc3ccc(-c4ccc(C#N)cc4)cc3)cc2)cc1. The summed E-state index contributed by atoms with van der Waals surface area (Å²) in [6.45, 7) is 1.44. The van der Waals surface area contributed by atoms with E-state index in [1.54, 1.807) is 0 Å². The largest absolute Gasteiger partial charge is 0.494 e. The number of unbranched alkanes of at least 4 members (excludes halogenated alkanes) is 14. The van der Waals surface area contributed by atoms with Crippen molar-refractivity contribution in [2.75, 3.05) is 13.2 Å². The first-order valence-electron chi connectivity index (χ1n) is 23.6. The monoisotopic (exact) mass is 837 g/mol. The lowest BCUT2D eigenvalue weighted by atomic mass is 9.90. The number of hydrogen-bond acceptors (Lipinski definition) is 6. The second-order valence-electron chi connectivity index (χ2n) is 16.9. The van der Waals surface area contributed by atoms with Crippen LogP contribution in [0.25, 0.3) is 22.3 Å². The Morgan fingerprint density at radius 1 is 0.435 bits per heavy atom. The number of ether oxygens (including phenoxy) is 2. The molecule has 2 N–H and O–H groups in total. The van der Waals surface area contributed by atoms with E-state index < -0.39 is 0 Å². The van der Waals surface area contributed by atoms with Gasteiger partial charge in [0, 0.05) is 24.9 Å². The molecule has 328 valence electrons. The average molecular weight is 837 g/mol. The molecule has 0 unspecified atom stereocenters. The number of amides is 2. The summed E-state index contributed by atoms with van der Waals surface area (Å²) in [6.07, 6.45) is 23.2. The van der Waals surface area contributed by atoms with Gasteiger partial charge in [0.15, 0.2) is 0 Å². The topological polar surface area (TPSA) is 124 Å². The molecule has 62 heavy (non-hydrogen) atoms. The summed E-state index contributed by atoms with van der Waals surface area (Å²) in [4.78, 5) is 25.6. The van der Waals surface area contributed by atoms with Gasteiger partial charge in [-0.2, -0.15) is 10.5 Å². The lowest BCUT2D eigenvalue weighted by molar-refractivity contribution is -0.125. The van der Waals surface area contributed by atoms with Crippen LogP contribution >= 0.6 is 0 Å². The fourth-order valence-corrected chi connectivity index (χ4v) is 8.27. The van der Waals surface area contributed by atoms with E-state index in [-0.39, 0.29) is 23.9 Å². The Bertz CT molecular complexity index is 1820. The number of carbonyl (C=O) groups is 2. The van der Waals surface area contributed by atoms with E-state index >= 15 is 0 Å². The van der Waals surface area contributed by atoms with Gasteiger partial charge in [0.1, 0.15) is 11.5 Å². The van der Waals surface area contributed by atoms with Crippen molar-refractivity contribution in [2.45, 2.75) is 153 Å². The van der Waals surface area contributed by atoms with Gasteiger partial charge >= 0.3 is 0 Å². The zero-order valence-corrected chi connectivity index (χ0v) is 36.9. The number of nitrogens with zero attached hydrogens (tertiary/aromatic N) is 2. The second-order valence-corrected chi connectivity index (χ2v) is 16.9. The molecule has 0 saturated heterocycles. The number of carbonyl (C=O) groups excluding carboxylic acids is 2. The van der Waals surface area contributed by atoms with E-state index in [2.05, 4.69) is 47.0 Å². The van der Waals surface area contributed by atoms with Crippen LogP contribution in [-0.2, 0) is 9.59 Å². The van der Waals surface area contributed by atoms with Crippen LogP contribution in [-0.4, -0.2) is 37.1 Å². The molecule has 0 radical (unpaired) electrons. The Morgan fingerprint density at radius 2 is 0.726 bits per heavy atom. The molecule has 8 nitrogen and oxygen atoms in total. The van der Waals surface area contributed by atoms with Crippen LogP contribution in [0.2, 0.25) is 0 Å². The molecule has 0 spiro atoms. The summed E-state index contributed by atoms with van der Waals surface area (Å²) >= 11 is 0. The highest BCUT2D eigenvalue weighted by Crippen LogP contribution is 2.25. The molecule has 0 aromatic heterocycles. The van der Waals surface area contributed by atoms with Gasteiger partial charge < -0.3 is 20.1 Å². The summed E-state index contributed by atoms with van der Waals surface area (Å²) in [5.74, 6) is 2.02. The van der Waals surface area contributed by atoms with Gasteiger partial charge in [-0.1, -0.05) is 138 Å². The van der Waals surface area contributed by atoms with E-state index in [0.29, 0.717) is 24.0 Å². The third-order valence-electron chi connectivity index (χ3n) is 12.0. The molecule has 0 aliphatic heterocycles. The van der Waals surface area contributed by atoms with Crippen molar-refractivity contribution in [2.24, 2.45) is 0 Å². The van der Waals surface area contributed by atoms with Crippen LogP contribution in [0.5, 0.6) is 11.5 Å². The molecule has 2 amide bonds. The molecule has 8 heteroatoms. The van der Waals surface area contributed by atoms with Crippen molar-refractivity contribution in [1.82, 2.24) is 10.6 Å². The van der Waals surface area contributed by atoms with Crippen LogP contribution in [0.1, 0.15) is 152 Å². The van der Waals surface area contributed by atoms with E-state index in [4.69, 9.17) is 20.0 Å². The Morgan fingerprint density at radius 3 is 1.05 bits per heavy atom. The first kappa shape index (κ1) is 47.4. The quantitative estimate of drug-likeness (QED) is 0.0549. The molecule has 4 aromatic carbocycles. The van der Waals surface area contributed by atoms with Crippen molar-refractivity contribution >= 4 is 11.8 Å². The molecule has 1 aliphatic rings. The zero-order chi connectivity index (χ0) is 43.5. The van der Waals surface area contributed by atoms with Gasteiger partial charge in [-0.15, -0.1) is 0 Å². The second kappa shape index (κ2) is 28.1. The van der Waals surface area contributed by atoms with Crippen LogP contribution in [0, 0.1) is 22.7 Å². The Labute approximate surface area is 371 Å². The standard InChI is InChI=1S/C54H68N4O4/c55-41-43-23-27-45(28-24-43)47-31-35-49(36-32-47)61-39-17-11-7-3-1-5-9-13-21-53(59)57-51-19-15-16-20-52(51)58-54(60)22-14-10-6-2-4-8-12-18-40-62-50-37-33-48(34-38-50)46-29-25-44(42-56)26-30-46/h23-38,51-52H,1-22,39-40H2,(H,57,59)(H,58,60)/t51-,52-/m0/s1. The summed E-state index contributed by atoms with van der Waals surface area (Å²) < 4.78 is 11.9. The number of benzene rings is 4. The highest BCUT2D eigenvalue weighted by Gasteiger charge is 2.27. The summed E-state index contributed by atoms with van der Waals surface area (Å²) in [5, 5.41) is 24.5. The predicted octanol–water partition coefficient (Wildman–Crippen LogP) is 12.8. The Hall–Kier alpha value is -5.60. The molecule has 0 heterocycles. The fraction of sp³-hybridized carbons (Fsp3) is 0.481.